The quantitative estimate of drug-likeness (QED) is 0.734. The van der Waals surface area contributed by atoms with Gasteiger partial charge in [-0.05, 0) is 10.5 Å². The highest BCUT2D eigenvalue weighted by Crippen LogP contribution is 2.15. The molecule has 84 valence electrons. The Labute approximate surface area is 97.5 Å². The first-order valence-corrected chi connectivity index (χ1v) is 5.30. The van der Waals surface area contributed by atoms with Crippen molar-refractivity contribution in [3.05, 3.63) is 48.5 Å². The second-order valence-corrected chi connectivity index (χ2v) is 3.61. The molecular formula is C12H11N4O+. The average Bonchev–Trinajstić information content (AvgIpc) is 2.86. The minimum atomic E-state index is 0.509. The number of ether oxygens (including phenoxy) is 1. The Hall–Kier alpha value is -2.43. The Morgan fingerprint density at radius 3 is 2.94 bits per heavy atom. The highest BCUT2D eigenvalue weighted by atomic mass is 16.5. The third-order valence-corrected chi connectivity index (χ3v) is 2.45. The lowest BCUT2D eigenvalue weighted by Gasteiger charge is -2.02. The van der Waals surface area contributed by atoms with Crippen LogP contribution in [-0.2, 0) is 6.61 Å². The summed E-state index contributed by atoms with van der Waals surface area (Å²) in [5.41, 5.74) is 2.54. The van der Waals surface area contributed by atoms with Crippen molar-refractivity contribution in [2.75, 3.05) is 0 Å². The fourth-order valence-corrected chi connectivity index (χ4v) is 1.62. The van der Waals surface area contributed by atoms with Gasteiger partial charge in [0.25, 0.3) is 12.0 Å². The van der Waals surface area contributed by atoms with Gasteiger partial charge < -0.3 is 9.72 Å². The van der Waals surface area contributed by atoms with E-state index in [1.54, 1.807) is 12.7 Å². The van der Waals surface area contributed by atoms with Crippen LogP contribution < -0.4 is 9.72 Å². The van der Waals surface area contributed by atoms with Gasteiger partial charge in [-0.25, -0.2) is 4.98 Å². The lowest BCUT2D eigenvalue weighted by atomic mass is 10.2. The number of aromatic amines is 2. The van der Waals surface area contributed by atoms with Gasteiger partial charge in [0, 0.05) is 0 Å². The summed E-state index contributed by atoms with van der Waals surface area (Å²) in [6.45, 7) is 0.509. The Morgan fingerprint density at radius 2 is 2.06 bits per heavy atom. The number of nitrogens with one attached hydrogen (secondary N) is 2. The molecule has 0 spiro atoms. The molecule has 5 heteroatoms. The lowest BCUT2D eigenvalue weighted by Crippen LogP contribution is -2.10. The Balaban J connectivity index is 1.84. The molecule has 0 aliphatic carbocycles. The molecular weight excluding hydrogens is 216 g/mol. The second kappa shape index (κ2) is 4.21. The normalized spacial score (nSPS) is 10.6. The first kappa shape index (κ1) is 9.77. The molecule has 0 saturated carbocycles. The summed E-state index contributed by atoms with van der Waals surface area (Å²) in [5, 5.41) is 0. The molecule has 0 saturated heterocycles. The average molecular weight is 227 g/mol. The van der Waals surface area contributed by atoms with Crippen molar-refractivity contribution in [1.29, 1.82) is 0 Å². The molecule has 0 aliphatic rings. The zero-order valence-electron chi connectivity index (χ0n) is 9.05. The summed E-state index contributed by atoms with van der Waals surface area (Å²) in [6.07, 6.45) is 3.17. The summed E-state index contributed by atoms with van der Waals surface area (Å²) < 4.78 is 5.70. The van der Waals surface area contributed by atoms with E-state index in [2.05, 4.69) is 19.9 Å². The largest absolute Gasteiger partial charge is 0.456 e. The molecule has 17 heavy (non-hydrogen) atoms. The van der Waals surface area contributed by atoms with Crippen LogP contribution in [0.5, 0.6) is 5.88 Å². The van der Waals surface area contributed by atoms with Crippen LogP contribution in [0.2, 0.25) is 0 Å². The van der Waals surface area contributed by atoms with Crippen LogP contribution in [0.25, 0.3) is 11.2 Å². The molecule has 2 heterocycles. The van der Waals surface area contributed by atoms with Crippen molar-refractivity contribution < 1.29 is 9.72 Å². The summed E-state index contributed by atoms with van der Waals surface area (Å²) in [7, 11) is 0. The van der Waals surface area contributed by atoms with Crippen molar-refractivity contribution >= 4 is 11.2 Å². The Kier molecular flexibility index (Phi) is 2.42. The van der Waals surface area contributed by atoms with Crippen LogP contribution in [0.15, 0.2) is 43.0 Å². The molecule has 2 N–H and O–H groups in total. The van der Waals surface area contributed by atoms with Crippen molar-refractivity contribution in [3.8, 4) is 5.88 Å². The van der Waals surface area contributed by atoms with Crippen molar-refractivity contribution in [2.45, 2.75) is 6.61 Å². The summed E-state index contributed by atoms with van der Waals surface area (Å²) in [4.78, 5) is 14.1. The van der Waals surface area contributed by atoms with Gasteiger partial charge in [0.1, 0.15) is 6.61 Å². The number of benzene rings is 1. The molecule has 0 radical (unpaired) electrons. The maximum absolute atomic E-state index is 5.70. The summed E-state index contributed by atoms with van der Waals surface area (Å²) in [5.74, 6) is 0.649. The topological polar surface area (TPSA) is 64.9 Å². The number of imidazole rings is 1. The Morgan fingerprint density at radius 1 is 1.18 bits per heavy atom. The summed E-state index contributed by atoms with van der Waals surface area (Å²) in [6, 6.07) is 9.99. The van der Waals surface area contributed by atoms with Crippen LogP contribution in [0.1, 0.15) is 5.56 Å². The number of hydrogen-bond donors (Lipinski definition) is 1. The van der Waals surface area contributed by atoms with E-state index in [-0.39, 0.29) is 0 Å². The molecule has 0 bridgehead atoms. The number of aromatic nitrogens is 4. The smallest absolute Gasteiger partial charge is 0.312 e. The fourth-order valence-electron chi connectivity index (χ4n) is 1.62. The van der Waals surface area contributed by atoms with Gasteiger partial charge >= 0.3 is 5.88 Å². The Bertz CT molecular complexity index is 620. The fraction of sp³-hybridized carbons (Fsp3) is 0.0833. The minimum absolute atomic E-state index is 0.509. The maximum Gasteiger partial charge on any atom is 0.312 e. The molecule has 0 aliphatic heterocycles. The minimum Gasteiger partial charge on any atom is -0.456 e. The van der Waals surface area contributed by atoms with Crippen LogP contribution in [0, 0.1) is 0 Å². The van der Waals surface area contributed by atoms with Crippen LogP contribution in [-0.4, -0.2) is 15.0 Å². The molecule has 1 aromatic carbocycles. The van der Waals surface area contributed by atoms with Crippen LogP contribution in [0.3, 0.4) is 0 Å². The van der Waals surface area contributed by atoms with E-state index in [0.717, 1.165) is 11.1 Å². The third kappa shape index (κ3) is 1.94. The first-order chi connectivity index (χ1) is 8.43. The number of hydrogen-bond acceptors (Lipinski definition) is 3. The van der Waals surface area contributed by atoms with Gasteiger partial charge in [-0.15, -0.1) is 0 Å². The third-order valence-electron chi connectivity index (χ3n) is 2.45. The monoisotopic (exact) mass is 227 g/mol. The number of H-pyrrole nitrogens is 2. The molecule has 2 aromatic heterocycles. The van der Waals surface area contributed by atoms with E-state index < -0.39 is 0 Å². The van der Waals surface area contributed by atoms with E-state index in [1.807, 2.05) is 30.3 Å². The van der Waals surface area contributed by atoms with Crippen molar-refractivity contribution in [2.24, 2.45) is 0 Å². The highest BCUT2D eigenvalue weighted by Gasteiger charge is 2.12. The van der Waals surface area contributed by atoms with Gasteiger partial charge in [0.05, 0.1) is 6.33 Å². The lowest BCUT2D eigenvalue weighted by molar-refractivity contribution is -0.397. The van der Waals surface area contributed by atoms with Crippen molar-refractivity contribution in [3.63, 3.8) is 0 Å². The second-order valence-electron chi connectivity index (χ2n) is 3.61. The number of rotatable bonds is 3. The zero-order valence-corrected chi connectivity index (χ0v) is 9.05. The van der Waals surface area contributed by atoms with Gasteiger partial charge in [0.2, 0.25) is 0 Å². The van der Waals surface area contributed by atoms with E-state index in [0.29, 0.717) is 18.1 Å². The molecule has 0 unspecified atom stereocenters. The zero-order chi connectivity index (χ0) is 11.5. The first-order valence-electron chi connectivity index (χ1n) is 5.30. The van der Waals surface area contributed by atoms with E-state index >= 15 is 0 Å². The predicted molar refractivity (Wildman–Crippen MR) is 61.2 cm³/mol. The van der Waals surface area contributed by atoms with Gasteiger partial charge in [-0.3, -0.25) is 0 Å². The van der Waals surface area contributed by atoms with Crippen LogP contribution in [0.4, 0.5) is 0 Å². The molecule has 0 amide bonds. The molecule has 3 aromatic rings. The molecule has 3 rings (SSSR count). The van der Waals surface area contributed by atoms with Crippen molar-refractivity contribution in [1.82, 2.24) is 15.0 Å². The number of nitrogens with zero attached hydrogens (tertiary/aromatic N) is 2. The highest BCUT2D eigenvalue weighted by molar-refractivity contribution is 5.73. The van der Waals surface area contributed by atoms with Gasteiger partial charge in [-0.2, -0.15) is 4.98 Å². The van der Waals surface area contributed by atoms with Gasteiger partial charge in [-0.1, -0.05) is 30.3 Å². The van der Waals surface area contributed by atoms with E-state index in [1.165, 1.54) is 0 Å². The van der Waals surface area contributed by atoms with Gasteiger partial charge in [0.15, 0.2) is 5.52 Å². The standard InChI is InChI=1S/C12H10N4O/c1-2-4-9(5-3-1)6-17-12-10-11(14-7-13-10)15-8-16-12/h1-5,7-8H,6H2,(H,13,14,15,16)/p+1. The molecule has 0 fully saturated rings. The van der Waals surface area contributed by atoms with E-state index in [9.17, 15) is 0 Å². The number of fused-ring (bicyclic) bond motifs is 1. The maximum atomic E-state index is 5.70. The SMILES string of the molecule is c1ccc(COc2[nH+]cnc3nc[nH]c23)cc1. The molecule has 5 nitrogen and oxygen atoms in total. The summed E-state index contributed by atoms with van der Waals surface area (Å²) >= 11 is 0. The van der Waals surface area contributed by atoms with E-state index in [4.69, 9.17) is 4.74 Å². The van der Waals surface area contributed by atoms with Crippen LogP contribution >= 0.6 is 0 Å². The molecule has 0 atom stereocenters. The predicted octanol–water partition coefficient (Wildman–Crippen LogP) is 1.35.